The van der Waals surface area contributed by atoms with E-state index in [1.165, 1.54) is 37.3 Å². The molecule has 26 heavy (non-hydrogen) atoms. The fourth-order valence-corrected chi connectivity index (χ4v) is 3.58. The topological polar surface area (TPSA) is 98.9 Å². The number of hydrogen-bond acceptors (Lipinski definition) is 6. The Morgan fingerprint density at radius 1 is 1.19 bits per heavy atom. The summed E-state index contributed by atoms with van der Waals surface area (Å²) in [7, 11) is 0.964. The molecule has 1 aromatic carbocycles. The Bertz CT molecular complexity index is 707. The molecule has 0 aliphatic heterocycles. The van der Waals surface area contributed by atoms with Crippen LogP contribution in [0.3, 0.4) is 0 Å². The number of nitrogens with two attached hydrogens (primary N) is 1. The minimum atomic E-state index is -3.60. The first-order valence-electron chi connectivity index (χ1n) is 7.95. The Balaban J connectivity index is 0.00000625. The van der Waals surface area contributed by atoms with Crippen LogP contribution in [0.4, 0.5) is 0 Å². The van der Waals surface area contributed by atoms with Gasteiger partial charge in [0.2, 0.25) is 5.91 Å². The summed E-state index contributed by atoms with van der Waals surface area (Å²) in [6.07, 6.45) is -0.0895. The van der Waals surface area contributed by atoms with Gasteiger partial charge in [0.25, 0.3) is 0 Å². The van der Waals surface area contributed by atoms with Crippen molar-refractivity contribution in [2.45, 2.75) is 25.2 Å². The number of benzene rings is 1. The molecule has 0 aromatic heterocycles. The standard InChI is InChI=1S/C17H28N2O5S.ClH/c1-17(2,11-18)12-19(3)16(20)8-9-25(21,22)13-6-7-14(23-4)15(10-13)24-5;/h6-7,10H,8-9,11-12,18H2,1-5H3;1H. The normalized spacial score (nSPS) is 11.5. The van der Waals surface area contributed by atoms with Crippen molar-refractivity contribution in [2.75, 3.05) is 40.1 Å². The molecule has 2 N–H and O–H groups in total. The second kappa shape index (κ2) is 9.99. The van der Waals surface area contributed by atoms with E-state index in [1.54, 1.807) is 7.05 Å². The monoisotopic (exact) mass is 408 g/mol. The van der Waals surface area contributed by atoms with Gasteiger partial charge in [-0.25, -0.2) is 8.42 Å². The minimum Gasteiger partial charge on any atom is -0.493 e. The molecule has 0 fully saturated rings. The second-order valence-corrected chi connectivity index (χ2v) is 8.81. The number of amides is 1. The number of sulfone groups is 1. The zero-order valence-corrected chi connectivity index (χ0v) is 17.6. The van der Waals surface area contributed by atoms with Crippen LogP contribution in [0.25, 0.3) is 0 Å². The van der Waals surface area contributed by atoms with Crippen molar-refractivity contribution in [2.24, 2.45) is 11.1 Å². The second-order valence-electron chi connectivity index (χ2n) is 6.70. The summed E-state index contributed by atoms with van der Waals surface area (Å²) in [5, 5.41) is 0. The van der Waals surface area contributed by atoms with Crippen LogP contribution in [-0.4, -0.2) is 59.3 Å². The number of rotatable bonds is 9. The van der Waals surface area contributed by atoms with Gasteiger partial charge in [-0.15, -0.1) is 12.4 Å². The Kier molecular flexibility index (Phi) is 9.41. The first-order valence-corrected chi connectivity index (χ1v) is 9.60. The molecular weight excluding hydrogens is 380 g/mol. The third kappa shape index (κ3) is 6.66. The lowest BCUT2D eigenvalue weighted by Crippen LogP contribution is -2.40. The lowest BCUT2D eigenvalue weighted by atomic mass is 9.93. The van der Waals surface area contributed by atoms with Crippen LogP contribution in [-0.2, 0) is 14.6 Å². The van der Waals surface area contributed by atoms with Crippen LogP contribution >= 0.6 is 12.4 Å². The predicted molar refractivity (Wildman–Crippen MR) is 104 cm³/mol. The first kappa shape index (κ1) is 24.5. The SMILES string of the molecule is COc1ccc(S(=O)(=O)CCC(=O)N(C)CC(C)(C)CN)cc1OC.Cl. The van der Waals surface area contributed by atoms with Crippen molar-refractivity contribution >= 4 is 28.2 Å². The summed E-state index contributed by atoms with van der Waals surface area (Å²) < 4.78 is 35.2. The number of ether oxygens (including phenoxy) is 2. The maximum Gasteiger partial charge on any atom is 0.223 e. The molecule has 0 saturated carbocycles. The van der Waals surface area contributed by atoms with Gasteiger partial charge in [0, 0.05) is 26.1 Å². The van der Waals surface area contributed by atoms with Gasteiger partial charge in [-0.1, -0.05) is 13.8 Å². The van der Waals surface area contributed by atoms with Gasteiger partial charge in [0.15, 0.2) is 21.3 Å². The number of carbonyl (C=O) groups is 1. The summed E-state index contributed by atoms with van der Waals surface area (Å²) in [4.78, 5) is 13.8. The van der Waals surface area contributed by atoms with Crippen LogP contribution in [0, 0.1) is 5.41 Å². The minimum absolute atomic E-state index is 0. The van der Waals surface area contributed by atoms with Crippen LogP contribution < -0.4 is 15.2 Å². The molecule has 1 amide bonds. The fourth-order valence-electron chi connectivity index (χ4n) is 2.34. The third-order valence-electron chi connectivity index (χ3n) is 3.94. The van der Waals surface area contributed by atoms with Crippen LogP contribution in [0.2, 0.25) is 0 Å². The zero-order valence-electron chi connectivity index (χ0n) is 15.9. The van der Waals surface area contributed by atoms with Gasteiger partial charge in [-0.2, -0.15) is 0 Å². The smallest absolute Gasteiger partial charge is 0.223 e. The van der Waals surface area contributed by atoms with Gasteiger partial charge in [0.05, 0.1) is 24.9 Å². The van der Waals surface area contributed by atoms with Crippen LogP contribution in [0.15, 0.2) is 23.1 Å². The van der Waals surface area contributed by atoms with Crippen LogP contribution in [0.5, 0.6) is 11.5 Å². The number of hydrogen-bond donors (Lipinski definition) is 1. The molecule has 0 unspecified atom stereocenters. The molecular formula is C17H29ClN2O5S. The summed E-state index contributed by atoms with van der Waals surface area (Å²) >= 11 is 0. The third-order valence-corrected chi connectivity index (χ3v) is 5.66. The highest BCUT2D eigenvalue weighted by Crippen LogP contribution is 2.30. The summed E-state index contributed by atoms with van der Waals surface area (Å²) in [5.74, 6) is 0.276. The summed E-state index contributed by atoms with van der Waals surface area (Å²) in [5.41, 5.74) is 5.45. The van der Waals surface area contributed by atoms with Crippen molar-refractivity contribution in [3.8, 4) is 11.5 Å². The van der Waals surface area contributed by atoms with Gasteiger partial charge in [-0.05, 0) is 24.1 Å². The van der Waals surface area contributed by atoms with E-state index in [0.29, 0.717) is 24.6 Å². The molecule has 0 radical (unpaired) electrons. The van der Waals surface area contributed by atoms with E-state index in [2.05, 4.69) is 0 Å². The van der Waals surface area contributed by atoms with Gasteiger partial charge >= 0.3 is 0 Å². The molecule has 1 rings (SSSR count). The van der Waals surface area contributed by atoms with Crippen molar-refractivity contribution < 1.29 is 22.7 Å². The van der Waals surface area contributed by atoms with E-state index in [4.69, 9.17) is 15.2 Å². The molecule has 0 aliphatic carbocycles. The van der Waals surface area contributed by atoms with Gasteiger partial charge < -0.3 is 20.1 Å². The molecule has 0 saturated heterocycles. The molecule has 0 atom stereocenters. The van der Waals surface area contributed by atoms with E-state index in [1.807, 2.05) is 13.8 Å². The Morgan fingerprint density at radius 3 is 2.27 bits per heavy atom. The van der Waals surface area contributed by atoms with Crippen molar-refractivity contribution in [1.29, 1.82) is 0 Å². The highest BCUT2D eigenvalue weighted by Gasteiger charge is 2.23. The molecule has 0 aliphatic rings. The first-order chi connectivity index (χ1) is 11.6. The van der Waals surface area contributed by atoms with E-state index in [9.17, 15) is 13.2 Å². The van der Waals surface area contributed by atoms with Crippen molar-refractivity contribution in [3.63, 3.8) is 0 Å². The highest BCUT2D eigenvalue weighted by atomic mass is 35.5. The number of carbonyl (C=O) groups excluding carboxylic acids is 1. The summed E-state index contributed by atoms with van der Waals surface area (Å²) in [6.45, 7) is 4.82. The molecule has 0 heterocycles. The lowest BCUT2D eigenvalue weighted by Gasteiger charge is -2.29. The average molecular weight is 409 g/mol. The largest absolute Gasteiger partial charge is 0.493 e. The zero-order chi connectivity index (χ0) is 19.3. The Labute approximate surface area is 162 Å². The van der Waals surface area contributed by atoms with Gasteiger partial charge in [-0.3, -0.25) is 4.79 Å². The summed E-state index contributed by atoms with van der Waals surface area (Å²) in [6, 6.07) is 4.38. The number of halogens is 1. The lowest BCUT2D eigenvalue weighted by molar-refractivity contribution is -0.130. The van der Waals surface area contributed by atoms with E-state index >= 15 is 0 Å². The van der Waals surface area contributed by atoms with Crippen LogP contribution in [0.1, 0.15) is 20.3 Å². The predicted octanol–water partition coefficient (Wildman–Crippen LogP) is 1.73. The Morgan fingerprint density at radius 2 is 1.77 bits per heavy atom. The van der Waals surface area contributed by atoms with Crippen molar-refractivity contribution in [3.05, 3.63) is 18.2 Å². The number of nitrogens with zero attached hydrogens (tertiary/aromatic N) is 1. The van der Waals surface area contributed by atoms with Crippen molar-refractivity contribution in [1.82, 2.24) is 4.90 Å². The molecule has 150 valence electrons. The van der Waals surface area contributed by atoms with E-state index < -0.39 is 9.84 Å². The van der Waals surface area contributed by atoms with E-state index in [0.717, 1.165) is 0 Å². The maximum absolute atomic E-state index is 12.5. The molecule has 7 nitrogen and oxygen atoms in total. The fraction of sp³-hybridized carbons (Fsp3) is 0.588. The van der Waals surface area contributed by atoms with E-state index in [-0.39, 0.29) is 40.8 Å². The average Bonchev–Trinajstić information content (AvgIpc) is 2.58. The Hall–Kier alpha value is -1.51. The molecule has 0 bridgehead atoms. The molecule has 1 aromatic rings. The molecule has 0 spiro atoms. The number of methoxy groups -OCH3 is 2. The van der Waals surface area contributed by atoms with Gasteiger partial charge in [0.1, 0.15) is 0 Å². The highest BCUT2D eigenvalue weighted by molar-refractivity contribution is 7.91. The maximum atomic E-state index is 12.5. The quantitative estimate of drug-likeness (QED) is 0.668. The molecule has 9 heteroatoms.